The Hall–Kier alpha value is -2.53. The number of amides is 3. The van der Waals surface area contributed by atoms with E-state index in [1.165, 1.54) is 0 Å². The number of nitrogens with one attached hydrogen (secondary N) is 1. The van der Waals surface area contributed by atoms with Gasteiger partial charge in [-0.25, -0.2) is 4.68 Å². The molecule has 1 saturated carbocycles. The van der Waals surface area contributed by atoms with Crippen LogP contribution in [0.4, 0.5) is 0 Å². The molecule has 27 heavy (non-hydrogen) atoms. The molecule has 0 aromatic carbocycles. The summed E-state index contributed by atoms with van der Waals surface area (Å²) in [6.07, 6.45) is 9.35. The van der Waals surface area contributed by atoms with Crippen LogP contribution in [0.2, 0.25) is 5.15 Å². The van der Waals surface area contributed by atoms with E-state index in [0.717, 1.165) is 5.56 Å². The summed E-state index contributed by atoms with van der Waals surface area (Å²) in [5, 5.41) is 7.34. The number of likely N-dealkylation sites (tertiary alicyclic amines) is 1. The van der Waals surface area contributed by atoms with E-state index in [0.29, 0.717) is 37.4 Å². The molecule has 3 N–H and O–H groups in total. The Morgan fingerprint density at radius 1 is 1.52 bits per heavy atom. The highest BCUT2D eigenvalue weighted by atomic mass is 35.5. The molecule has 1 aliphatic heterocycles. The Balaban J connectivity index is 1.75. The number of hydrogen-bond donors (Lipinski definition) is 2. The summed E-state index contributed by atoms with van der Waals surface area (Å²) in [4.78, 5) is 38.6. The van der Waals surface area contributed by atoms with Crippen molar-refractivity contribution in [1.82, 2.24) is 20.0 Å². The molecule has 1 aliphatic carbocycles. The molecule has 1 saturated heterocycles. The molecule has 3 amide bonds. The predicted molar refractivity (Wildman–Crippen MR) is 98.5 cm³/mol. The summed E-state index contributed by atoms with van der Waals surface area (Å²) in [7, 11) is 0. The van der Waals surface area contributed by atoms with E-state index in [1.54, 1.807) is 15.8 Å². The normalized spacial score (nSPS) is 21.4. The molecule has 0 radical (unpaired) electrons. The first-order valence-electron chi connectivity index (χ1n) is 8.86. The Morgan fingerprint density at radius 2 is 2.22 bits per heavy atom. The largest absolute Gasteiger partial charge is 0.370 e. The summed E-state index contributed by atoms with van der Waals surface area (Å²) in [6, 6.07) is -1.42. The van der Waals surface area contributed by atoms with Crippen molar-refractivity contribution >= 4 is 29.3 Å². The lowest BCUT2D eigenvalue weighted by molar-refractivity contribution is -0.142. The molecule has 3 rings (SSSR count). The quantitative estimate of drug-likeness (QED) is 0.680. The number of aromatic nitrogens is 2. The fourth-order valence-corrected chi connectivity index (χ4v) is 3.77. The molecule has 2 fully saturated rings. The third kappa shape index (κ3) is 3.52. The number of nitrogens with two attached hydrogens (primary N) is 1. The van der Waals surface area contributed by atoms with Crippen LogP contribution in [0.1, 0.15) is 37.7 Å². The topological polar surface area (TPSA) is 110 Å². The first-order valence-corrected chi connectivity index (χ1v) is 9.24. The van der Waals surface area contributed by atoms with Gasteiger partial charge in [0.15, 0.2) is 0 Å². The lowest BCUT2D eigenvalue weighted by Gasteiger charge is -2.29. The number of carbonyl (C=O) groups is 3. The van der Waals surface area contributed by atoms with E-state index < -0.39 is 23.5 Å². The lowest BCUT2D eigenvalue weighted by Crippen LogP contribution is -2.52. The van der Waals surface area contributed by atoms with Crippen LogP contribution in [0.25, 0.3) is 0 Å². The van der Waals surface area contributed by atoms with Crippen molar-refractivity contribution in [3.05, 3.63) is 16.9 Å². The van der Waals surface area contributed by atoms with Gasteiger partial charge in [0.1, 0.15) is 16.7 Å². The Kier molecular flexibility index (Phi) is 5.16. The highest BCUT2D eigenvalue weighted by Crippen LogP contribution is 2.47. The summed E-state index contributed by atoms with van der Waals surface area (Å²) < 4.78 is 1.57. The number of rotatable bonds is 6. The molecule has 2 aliphatic rings. The zero-order chi connectivity index (χ0) is 19.8. The van der Waals surface area contributed by atoms with Gasteiger partial charge in [-0.3, -0.25) is 14.4 Å². The number of hydrogen-bond acceptors (Lipinski definition) is 4. The maximum Gasteiger partial charge on any atom is 0.251 e. The average Bonchev–Trinajstić information content (AvgIpc) is 3.14. The molecule has 144 valence electrons. The van der Waals surface area contributed by atoms with Crippen LogP contribution in [0.3, 0.4) is 0 Å². The number of carbonyl (C=O) groups excluding carboxylic acids is 3. The molecule has 1 unspecified atom stereocenters. The minimum absolute atomic E-state index is 0.144. The van der Waals surface area contributed by atoms with Crippen molar-refractivity contribution in [3.63, 3.8) is 0 Å². The van der Waals surface area contributed by atoms with Gasteiger partial charge in [-0.2, -0.15) is 5.10 Å². The average molecular weight is 392 g/mol. The van der Waals surface area contributed by atoms with Gasteiger partial charge in [0.25, 0.3) is 5.91 Å². The molecule has 0 spiro atoms. The van der Waals surface area contributed by atoms with E-state index in [9.17, 15) is 14.4 Å². The van der Waals surface area contributed by atoms with Crippen LogP contribution in [0.5, 0.6) is 0 Å². The highest BCUT2D eigenvalue weighted by Gasteiger charge is 2.57. The summed E-state index contributed by atoms with van der Waals surface area (Å²) in [5.74, 6) is 1.22. The standard InChI is InChI=1S/C18H22ClN5O3/c1-3-12(9-14(20)25)22-16(26)13-5-4-8-23(13)17(27)18(6-7-18)24-15(19)11(2)10-21-24/h1,10,12-13H,4-9H2,2H3,(H2,20,25)(H,22,26)/t12-,13?/m1/s1. The number of terminal acetylenes is 1. The van der Waals surface area contributed by atoms with Gasteiger partial charge in [-0.05, 0) is 32.6 Å². The van der Waals surface area contributed by atoms with Crippen molar-refractivity contribution in [3.8, 4) is 12.3 Å². The zero-order valence-corrected chi connectivity index (χ0v) is 15.8. The first kappa shape index (κ1) is 19.2. The van der Waals surface area contributed by atoms with Gasteiger partial charge in [0.05, 0.1) is 18.7 Å². The van der Waals surface area contributed by atoms with Crippen molar-refractivity contribution in [2.75, 3.05) is 6.54 Å². The van der Waals surface area contributed by atoms with Crippen LogP contribution in [0, 0.1) is 19.3 Å². The molecule has 1 aromatic rings. The smallest absolute Gasteiger partial charge is 0.251 e. The van der Waals surface area contributed by atoms with E-state index in [1.807, 2.05) is 6.92 Å². The second-order valence-corrected chi connectivity index (χ2v) is 7.47. The molecule has 1 aromatic heterocycles. The number of halogens is 1. The molecule has 2 atom stereocenters. The Morgan fingerprint density at radius 3 is 2.74 bits per heavy atom. The van der Waals surface area contributed by atoms with Crippen molar-refractivity contribution in [2.45, 2.75) is 56.7 Å². The SMILES string of the molecule is C#C[C@H](CC(N)=O)NC(=O)C1CCCN1C(=O)C1(n2ncc(C)c2Cl)CC1. The van der Waals surface area contributed by atoms with E-state index in [2.05, 4.69) is 16.3 Å². The van der Waals surface area contributed by atoms with Crippen molar-refractivity contribution in [1.29, 1.82) is 0 Å². The Bertz CT molecular complexity index is 823. The predicted octanol–water partition coefficient (Wildman–Crippen LogP) is 0.318. The summed E-state index contributed by atoms with van der Waals surface area (Å²) in [5.41, 5.74) is 5.14. The fraction of sp³-hybridized carbons (Fsp3) is 0.556. The van der Waals surface area contributed by atoms with Crippen LogP contribution in [-0.4, -0.2) is 51.0 Å². The molecular formula is C18H22ClN5O3. The molecule has 2 heterocycles. The van der Waals surface area contributed by atoms with Crippen LogP contribution >= 0.6 is 11.6 Å². The van der Waals surface area contributed by atoms with Crippen LogP contribution in [0.15, 0.2) is 6.20 Å². The third-order valence-corrected chi connectivity index (χ3v) is 5.60. The molecule has 9 heteroatoms. The zero-order valence-electron chi connectivity index (χ0n) is 15.1. The van der Waals surface area contributed by atoms with Gasteiger partial charge < -0.3 is 16.0 Å². The van der Waals surface area contributed by atoms with Gasteiger partial charge in [-0.1, -0.05) is 17.5 Å². The van der Waals surface area contributed by atoms with E-state index in [-0.39, 0.29) is 18.2 Å². The second-order valence-electron chi connectivity index (χ2n) is 7.12. The summed E-state index contributed by atoms with van der Waals surface area (Å²) >= 11 is 6.30. The van der Waals surface area contributed by atoms with Gasteiger partial charge in [-0.15, -0.1) is 6.42 Å². The molecular weight excluding hydrogens is 370 g/mol. The maximum atomic E-state index is 13.3. The minimum Gasteiger partial charge on any atom is -0.370 e. The first-order chi connectivity index (χ1) is 12.8. The molecule has 8 nitrogen and oxygen atoms in total. The second kappa shape index (κ2) is 7.24. The monoisotopic (exact) mass is 391 g/mol. The highest BCUT2D eigenvalue weighted by molar-refractivity contribution is 6.30. The van der Waals surface area contributed by atoms with E-state index >= 15 is 0 Å². The number of aryl methyl sites for hydroxylation is 1. The van der Waals surface area contributed by atoms with Gasteiger partial charge in [0, 0.05) is 12.1 Å². The lowest BCUT2D eigenvalue weighted by atomic mass is 10.1. The number of primary amides is 1. The third-order valence-electron chi connectivity index (χ3n) is 5.14. The Labute approximate surface area is 162 Å². The van der Waals surface area contributed by atoms with E-state index in [4.69, 9.17) is 23.8 Å². The number of nitrogens with zero attached hydrogens (tertiary/aromatic N) is 3. The molecule has 0 bridgehead atoms. The fourth-order valence-electron chi connectivity index (χ4n) is 3.52. The van der Waals surface area contributed by atoms with Crippen LogP contribution in [-0.2, 0) is 19.9 Å². The van der Waals surface area contributed by atoms with Crippen molar-refractivity contribution < 1.29 is 14.4 Å². The van der Waals surface area contributed by atoms with Gasteiger partial charge >= 0.3 is 0 Å². The minimum atomic E-state index is -0.813. The summed E-state index contributed by atoms with van der Waals surface area (Å²) in [6.45, 7) is 2.31. The maximum absolute atomic E-state index is 13.3. The van der Waals surface area contributed by atoms with Crippen molar-refractivity contribution in [2.24, 2.45) is 5.73 Å². The van der Waals surface area contributed by atoms with Crippen LogP contribution < -0.4 is 11.1 Å². The van der Waals surface area contributed by atoms with Gasteiger partial charge in [0.2, 0.25) is 11.8 Å².